The van der Waals surface area contributed by atoms with Crippen LogP contribution in [0, 0.1) is 37.1 Å². The van der Waals surface area contributed by atoms with Crippen molar-refractivity contribution in [2.75, 3.05) is 12.6 Å². The Morgan fingerprint density at radius 2 is 1.75 bits per heavy atom. The van der Waals surface area contributed by atoms with Gasteiger partial charge in [-0.2, -0.15) is 4.98 Å². The van der Waals surface area contributed by atoms with Crippen LogP contribution in [0.3, 0.4) is 0 Å². The summed E-state index contributed by atoms with van der Waals surface area (Å²) in [6.07, 6.45) is 1.07. The number of nitrogens with one attached hydrogen (secondary N) is 1. The molecule has 4 rings (SSSR count). The van der Waals surface area contributed by atoms with Crippen LogP contribution in [0.5, 0.6) is 0 Å². The van der Waals surface area contributed by atoms with Crippen LogP contribution >= 0.6 is 11.3 Å². The van der Waals surface area contributed by atoms with Gasteiger partial charge < -0.3 is 4.57 Å². The number of hydrogen-bond acceptors (Lipinski definition) is 6. The van der Waals surface area contributed by atoms with Crippen molar-refractivity contribution in [2.24, 2.45) is 4.99 Å². The molecule has 0 aliphatic heterocycles. The molecule has 0 saturated heterocycles. The zero-order valence-electron chi connectivity index (χ0n) is 17.2. The molecule has 0 amide bonds. The Kier molecular flexibility index (Phi) is 5.94. The highest BCUT2D eigenvalue weighted by Crippen LogP contribution is 2.29. The average molecular weight is 463 g/mol. The highest BCUT2D eigenvalue weighted by molar-refractivity contribution is 7.18. The van der Waals surface area contributed by atoms with E-state index in [0.29, 0.717) is 5.69 Å². The normalized spacial score (nSPS) is 12.0. The number of halogens is 4. The lowest BCUT2D eigenvalue weighted by atomic mass is 10.2. The van der Waals surface area contributed by atoms with Gasteiger partial charge in [0.15, 0.2) is 29.1 Å². The molecule has 6 nitrogen and oxygen atoms in total. The van der Waals surface area contributed by atoms with Crippen molar-refractivity contribution in [2.45, 2.75) is 20.4 Å². The van der Waals surface area contributed by atoms with Gasteiger partial charge in [-0.1, -0.05) is 0 Å². The van der Waals surface area contributed by atoms with Crippen LogP contribution in [0.15, 0.2) is 35.5 Å². The lowest BCUT2D eigenvalue weighted by Crippen LogP contribution is -2.27. The lowest BCUT2D eigenvalue weighted by Gasteiger charge is -2.11. The SMILES string of the molecule is CONc1nc(=Nc2cc3sc(C)nc3cc2C)n(Cc2cc(F)c(F)c(F)c2)cc1F. The molecular formula is C21H17F4N5OS. The predicted molar refractivity (Wildman–Crippen MR) is 113 cm³/mol. The predicted octanol–water partition coefficient (Wildman–Crippen LogP) is 4.92. The van der Waals surface area contributed by atoms with Crippen molar-refractivity contribution in [3.8, 4) is 0 Å². The van der Waals surface area contributed by atoms with E-state index in [-0.39, 0.29) is 23.5 Å². The number of thiazole rings is 1. The van der Waals surface area contributed by atoms with E-state index < -0.39 is 23.3 Å². The second-order valence-electron chi connectivity index (χ2n) is 7.00. The molecule has 1 N–H and O–H groups in total. The van der Waals surface area contributed by atoms with E-state index in [0.717, 1.165) is 39.1 Å². The van der Waals surface area contributed by atoms with Gasteiger partial charge in [-0.15, -0.1) is 11.3 Å². The lowest BCUT2D eigenvalue weighted by molar-refractivity contribution is 0.265. The Labute approximate surface area is 183 Å². The molecule has 2 heterocycles. The minimum absolute atomic E-state index is 0.0415. The Balaban J connectivity index is 1.88. The number of hydrogen-bond donors (Lipinski definition) is 1. The number of rotatable bonds is 5. The molecule has 11 heteroatoms. The third kappa shape index (κ3) is 4.34. The number of aromatic nitrogens is 3. The van der Waals surface area contributed by atoms with Gasteiger partial charge in [0.25, 0.3) is 0 Å². The van der Waals surface area contributed by atoms with Crippen LogP contribution in [0.1, 0.15) is 16.1 Å². The van der Waals surface area contributed by atoms with E-state index in [4.69, 9.17) is 4.84 Å². The van der Waals surface area contributed by atoms with Gasteiger partial charge >= 0.3 is 0 Å². The van der Waals surface area contributed by atoms with Crippen molar-refractivity contribution < 1.29 is 22.4 Å². The maximum absolute atomic E-state index is 14.5. The summed E-state index contributed by atoms with van der Waals surface area (Å²) in [5.41, 5.74) is 4.65. The van der Waals surface area contributed by atoms with Gasteiger partial charge in [-0.3, -0.25) is 4.84 Å². The Morgan fingerprint density at radius 3 is 2.44 bits per heavy atom. The molecule has 2 aromatic carbocycles. The first kappa shape index (κ1) is 21.9. The average Bonchev–Trinajstić information content (AvgIpc) is 3.08. The third-order valence-electron chi connectivity index (χ3n) is 4.59. The molecule has 0 atom stereocenters. The van der Waals surface area contributed by atoms with E-state index in [9.17, 15) is 17.6 Å². The molecular weight excluding hydrogens is 446 g/mol. The standard InChI is InChI=1S/C21H17F4N5OS/c1-10-4-17-18(32-11(2)26-17)7-16(10)27-21-28-20(29-31-3)15(24)9-30(21)8-12-5-13(22)19(25)14(23)6-12/h4-7,9H,8H2,1-3H3,(H,27,28,29). The summed E-state index contributed by atoms with van der Waals surface area (Å²) in [6.45, 7) is 3.54. The molecule has 4 aromatic rings. The van der Waals surface area contributed by atoms with Crippen molar-refractivity contribution >= 4 is 33.1 Å². The maximum Gasteiger partial charge on any atom is 0.232 e. The van der Waals surface area contributed by atoms with Crippen LogP contribution < -0.4 is 11.1 Å². The maximum atomic E-state index is 14.5. The van der Waals surface area contributed by atoms with Crippen molar-refractivity contribution in [1.82, 2.24) is 14.5 Å². The zero-order chi connectivity index (χ0) is 23.0. The molecule has 0 aliphatic rings. The molecule has 0 unspecified atom stereocenters. The fourth-order valence-electron chi connectivity index (χ4n) is 3.15. The van der Waals surface area contributed by atoms with Crippen molar-refractivity contribution in [3.05, 3.63) is 75.5 Å². The third-order valence-corrected chi connectivity index (χ3v) is 5.53. The van der Waals surface area contributed by atoms with Crippen LogP contribution in [-0.4, -0.2) is 21.6 Å². The fraction of sp³-hybridized carbons (Fsp3) is 0.190. The number of fused-ring (bicyclic) bond motifs is 1. The summed E-state index contributed by atoms with van der Waals surface area (Å²) in [5, 5.41) is 0.901. The smallest absolute Gasteiger partial charge is 0.232 e. The summed E-state index contributed by atoms with van der Waals surface area (Å²) < 4.78 is 57.3. The minimum atomic E-state index is -1.57. The zero-order valence-corrected chi connectivity index (χ0v) is 18.0. The Morgan fingerprint density at radius 1 is 1.03 bits per heavy atom. The highest BCUT2D eigenvalue weighted by Gasteiger charge is 2.14. The van der Waals surface area contributed by atoms with Crippen LogP contribution in [0.2, 0.25) is 0 Å². The molecule has 2 aromatic heterocycles. The molecule has 0 aliphatic carbocycles. The molecule has 0 radical (unpaired) electrons. The minimum Gasteiger partial charge on any atom is -0.310 e. The quantitative estimate of drug-likeness (QED) is 0.259. The molecule has 166 valence electrons. The topological polar surface area (TPSA) is 64.3 Å². The molecule has 32 heavy (non-hydrogen) atoms. The first-order valence-electron chi connectivity index (χ1n) is 9.37. The Hall–Kier alpha value is -3.31. The second-order valence-corrected chi connectivity index (χ2v) is 8.23. The van der Waals surface area contributed by atoms with E-state index in [1.54, 1.807) is 0 Å². The summed E-state index contributed by atoms with van der Waals surface area (Å²) in [6, 6.07) is 5.40. The van der Waals surface area contributed by atoms with Crippen molar-refractivity contribution in [1.29, 1.82) is 0 Å². The van der Waals surface area contributed by atoms with Crippen LogP contribution in [0.25, 0.3) is 10.2 Å². The molecule has 0 bridgehead atoms. The van der Waals surface area contributed by atoms with Gasteiger partial charge in [-0.05, 0) is 49.2 Å². The van der Waals surface area contributed by atoms with Crippen LogP contribution in [-0.2, 0) is 11.4 Å². The van der Waals surface area contributed by atoms with Crippen LogP contribution in [0.4, 0.5) is 29.1 Å². The number of anilines is 1. The summed E-state index contributed by atoms with van der Waals surface area (Å²) in [7, 11) is 1.30. The van der Waals surface area contributed by atoms with E-state index in [2.05, 4.69) is 20.4 Å². The number of benzene rings is 2. The van der Waals surface area contributed by atoms with E-state index >= 15 is 0 Å². The van der Waals surface area contributed by atoms with Gasteiger partial charge in [0.1, 0.15) is 0 Å². The summed E-state index contributed by atoms with van der Waals surface area (Å²) >= 11 is 1.50. The van der Waals surface area contributed by atoms with Gasteiger partial charge in [-0.25, -0.2) is 33.0 Å². The number of nitrogens with zero attached hydrogens (tertiary/aromatic N) is 4. The van der Waals surface area contributed by atoms with E-state index in [1.807, 2.05) is 26.0 Å². The largest absolute Gasteiger partial charge is 0.310 e. The highest BCUT2D eigenvalue weighted by atomic mass is 32.1. The monoisotopic (exact) mass is 463 g/mol. The summed E-state index contributed by atoms with van der Waals surface area (Å²) in [4.78, 5) is 17.9. The van der Waals surface area contributed by atoms with Crippen molar-refractivity contribution in [3.63, 3.8) is 0 Å². The summed E-state index contributed by atoms with van der Waals surface area (Å²) in [5.74, 6) is -5.25. The van der Waals surface area contributed by atoms with Gasteiger partial charge in [0, 0.05) is 6.20 Å². The first-order valence-corrected chi connectivity index (χ1v) is 10.2. The van der Waals surface area contributed by atoms with E-state index in [1.165, 1.54) is 23.0 Å². The first-order chi connectivity index (χ1) is 15.2. The Bertz CT molecular complexity index is 1380. The second kappa shape index (κ2) is 8.67. The molecule has 0 fully saturated rings. The fourth-order valence-corrected chi connectivity index (χ4v) is 4.00. The number of aryl methyl sites for hydroxylation is 2. The molecule has 0 saturated carbocycles. The molecule has 0 spiro atoms. The van der Waals surface area contributed by atoms with Gasteiger partial charge in [0.2, 0.25) is 5.62 Å². The van der Waals surface area contributed by atoms with Gasteiger partial charge in [0.05, 0.1) is 34.6 Å².